The van der Waals surface area contributed by atoms with Crippen LogP contribution in [0.1, 0.15) is 30.0 Å². The first kappa shape index (κ1) is 17.9. The maximum atomic E-state index is 12.2. The molecule has 2 aromatic rings. The van der Waals surface area contributed by atoms with Crippen LogP contribution in [-0.4, -0.2) is 29.2 Å². The fourth-order valence-corrected chi connectivity index (χ4v) is 3.98. The molecule has 1 saturated carbocycles. The van der Waals surface area contributed by atoms with Gasteiger partial charge >= 0.3 is 0 Å². The van der Waals surface area contributed by atoms with Gasteiger partial charge in [-0.3, -0.25) is 0 Å². The van der Waals surface area contributed by atoms with Gasteiger partial charge in [0.05, 0.1) is 21.3 Å². The van der Waals surface area contributed by atoms with Gasteiger partial charge in [0.2, 0.25) is 5.92 Å². The Morgan fingerprint density at radius 2 is 2.13 bits per heavy atom. The van der Waals surface area contributed by atoms with Crippen molar-refractivity contribution >= 4 is 34.1 Å². The molecule has 8 heteroatoms. The van der Waals surface area contributed by atoms with Gasteiger partial charge in [-0.05, 0) is 20.3 Å². The number of alkyl halides is 2. The average molecular weight is 359 g/mol. The molecule has 1 aliphatic rings. The first-order valence-electron chi connectivity index (χ1n) is 7.25. The van der Waals surface area contributed by atoms with Gasteiger partial charge < -0.3 is 10.1 Å². The summed E-state index contributed by atoms with van der Waals surface area (Å²) in [5, 5.41) is 7.14. The predicted octanol–water partition coefficient (Wildman–Crippen LogP) is 4.55. The summed E-state index contributed by atoms with van der Waals surface area (Å²) >= 11 is 3.32. The highest BCUT2D eigenvalue weighted by molar-refractivity contribution is 7.16. The lowest BCUT2D eigenvalue weighted by Crippen LogP contribution is -2.09. The van der Waals surface area contributed by atoms with Crippen LogP contribution in [0.15, 0.2) is 5.38 Å². The third-order valence-electron chi connectivity index (χ3n) is 3.49. The number of nitrogens with zero attached hydrogens (tertiary/aromatic N) is 2. The molecule has 0 radical (unpaired) electrons. The van der Waals surface area contributed by atoms with Crippen LogP contribution in [0.25, 0.3) is 10.6 Å². The van der Waals surface area contributed by atoms with Crippen molar-refractivity contribution in [3.63, 3.8) is 0 Å². The van der Waals surface area contributed by atoms with Gasteiger partial charge in [-0.25, -0.2) is 18.7 Å². The second-order valence-corrected chi connectivity index (χ2v) is 7.49. The number of aromatic nitrogens is 2. The van der Waals surface area contributed by atoms with Gasteiger partial charge in [0.25, 0.3) is 0 Å². The average Bonchev–Trinajstić information content (AvgIpc) is 3.18. The molecule has 1 atom stereocenters. The summed E-state index contributed by atoms with van der Waals surface area (Å²) in [7, 11) is 1.88. The molecule has 1 fully saturated rings. The lowest BCUT2D eigenvalue weighted by Gasteiger charge is -2.04. The predicted molar refractivity (Wildman–Crippen MR) is 90.6 cm³/mol. The molecule has 0 spiro atoms. The number of halogens is 2. The van der Waals surface area contributed by atoms with E-state index in [9.17, 15) is 13.6 Å². The highest BCUT2D eigenvalue weighted by atomic mass is 32.1. The normalized spacial score (nSPS) is 19.1. The lowest BCUT2D eigenvalue weighted by molar-refractivity contribution is -0.111. The van der Waals surface area contributed by atoms with Crippen molar-refractivity contribution in [1.29, 1.82) is 0 Å². The summed E-state index contributed by atoms with van der Waals surface area (Å²) in [6.45, 7) is 4.05. The molecule has 0 bridgehead atoms. The van der Waals surface area contributed by atoms with Crippen molar-refractivity contribution < 1.29 is 13.6 Å². The number of rotatable bonds is 3. The van der Waals surface area contributed by atoms with Crippen molar-refractivity contribution in [2.24, 2.45) is 5.92 Å². The summed E-state index contributed by atoms with van der Waals surface area (Å²) in [6, 6.07) is 0. The Hall–Kier alpha value is -1.41. The highest BCUT2D eigenvalue weighted by Gasteiger charge is 2.38. The van der Waals surface area contributed by atoms with Crippen molar-refractivity contribution in [2.75, 3.05) is 12.4 Å². The zero-order valence-corrected chi connectivity index (χ0v) is 14.9. The number of aryl methyl sites for hydroxylation is 2. The molecule has 3 rings (SSSR count). The van der Waals surface area contributed by atoms with Crippen LogP contribution in [0.3, 0.4) is 0 Å². The van der Waals surface area contributed by atoms with Crippen LogP contribution in [0.2, 0.25) is 0 Å². The van der Waals surface area contributed by atoms with Gasteiger partial charge in [0, 0.05) is 31.2 Å². The molecule has 1 unspecified atom stereocenters. The third-order valence-corrected chi connectivity index (χ3v) is 5.44. The fraction of sp³-hybridized carbons (Fsp3) is 0.533. The monoisotopic (exact) mass is 359 g/mol. The maximum absolute atomic E-state index is 12.2. The second-order valence-electron chi connectivity index (χ2n) is 5.43. The maximum Gasteiger partial charge on any atom is 0.248 e. The van der Waals surface area contributed by atoms with Gasteiger partial charge in [-0.15, -0.1) is 22.7 Å². The van der Waals surface area contributed by atoms with E-state index in [1.54, 1.807) is 22.7 Å². The van der Waals surface area contributed by atoms with E-state index in [4.69, 9.17) is 0 Å². The molecule has 0 aliphatic heterocycles. The van der Waals surface area contributed by atoms with E-state index in [1.807, 2.05) is 20.9 Å². The van der Waals surface area contributed by atoms with Gasteiger partial charge in [0.15, 0.2) is 5.13 Å². The van der Waals surface area contributed by atoms with Crippen LogP contribution < -0.4 is 5.32 Å². The summed E-state index contributed by atoms with van der Waals surface area (Å²) in [5.41, 5.74) is 2.10. The molecular formula is C15H19F2N3OS2. The lowest BCUT2D eigenvalue weighted by atomic mass is 10.1. The number of carbonyl (C=O) groups is 1. The minimum Gasteiger partial charge on any atom is -0.365 e. The van der Waals surface area contributed by atoms with Crippen molar-refractivity contribution in [2.45, 2.75) is 39.0 Å². The summed E-state index contributed by atoms with van der Waals surface area (Å²) in [4.78, 5) is 20.0. The molecule has 2 aromatic heterocycles. The van der Waals surface area contributed by atoms with Gasteiger partial charge in [-0.2, -0.15) is 0 Å². The molecule has 2 heterocycles. The standard InChI is InChI=1S/C9H11N3S2.C6H8F2O/c1-5-8(14-6(2)11-5)7-4-13-9(10-3)12-7;7-6(8)2-1-5(3-6)4-9/h4H,1-3H3,(H,10,12);4-5H,1-3H2. The van der Waals surface area contributed by atoms with E-state index in [-0.39, 0.29) is 18.8 Å². The molecule has 23 heavy (non-hydrogen) atoms. The number of hydrogen-bond donors (Lipinski definition) is 1. The van der Waals surface area contributed by atoms with Crippen LogP contribution in [0.5, 0.6) is 0 Å². The molecular weight excluding hydrogens is 340 g/mol. The van der Waals surface area contributed by atoms with E-state index in [0.29, 0.717) is 12.7 Å². The van der Waals surface area contributed by atoms with E-state index < -0.39 is 5.92 Å². The Labute approximate surface area is 142 Å². The number of thiazole rings is 2. The zero-order chi connectivity index (χ0) is 17.0. The molecule has 1 aliphatic carbocycles. The Morgan fingerprint density at radius 1 is 1.39 bits per heavy atom. The zero-order valence-electron chi connectivity index (χ0n) is 13.2. The second kappa shape index (κ2) is 7.44. The first-order valence-corrected chi connectivity index (χ1v) is 8.95. The quantitative estimate of drug-likeness (QED) is 0.817. The van der Waals surface area contributed by atoms with Crippen LogP contribution in [-0.2, 0) is 4.79 Å². The number of nitrogens with one attached hydrogen (secondary N) is 1. The minimum absolute atomic E-state index is 0.115. The van der Waals surface area contributed by atoms with Crippen LogP contribution >= 0.6 is 22.7 Å². The third kappa shape index (κ3) is 4.78. The molecule has 126 valence electrons. The topological polar surface area (TPSA) is 54.9 Å². The highest BCUT2D eigenvalue weighted by Crippen LogP contribution is 2.37. The molecule has 0 saturated heterocycles. The van der Waals surface area contributed by atoms with Gasteiger partial charge in [0.1, 0.15) is 6.29 Å². The number of hydrogen-bond acceptors (Lipinski definition) is 6. The Bertz CT molecular complexity index is 669. The Morgan fingerprint density at radius 3 is 2.52 bits per heavy atom. The Balaban J connectivity index is 0.000000185. The van der Waals surface area contributed by atoms with E-state index in [1.165, 1.54) is 4.88 Å². The smallest absolute Gasteiger partial charge is 0.248 e. The van der Waals surface area contributed by atoms with Crippen LogP contribution in [0.4, 0.5) is 13.9 Å². The molecule has 4 nitrogen and oxygen atoms in total. The summed E-state index contributed by atoms with van der Waals surface area (Å²) in [6.07, 6.45) is 0.629. The number of aldehydes is 1. The number of carbonyl (C=O) groups excluding carboxylic acids is 1. The minimum atomic E-state index is -2.56. The SMILES string of the molecule is CNc1nc(-c2sc(C)nc2C)cs1.O=CC1CCC(F)(F)C1. The summed E-state index contributed by atoms with van der Waals surface area (Å²) < 4.78 is 24.4. The fourth-order valence-electron chi connectivity index (χ4n) is 2.36. The van der Waals surface area contributed by atoms with Crippen molar-refractivity contribution in [3.05, 3.63) is 16.1 Å². The largest absolute Gasteiger partial charge is 0.365 e. The first-order chi connectivity index (χ1) is 10.8. The van der Waals surface area contributed by atoms with Crippen LogP contribution in [0, 0.1) is 19.8 Å². The summed E-state index contributed by atoms with van der Waals surface area (Å²) in [5.74, 6) is -2.95. The van der Waals surface area contributed by atoms with E-state index in [2.05, 4.69) is 20.7 Å². The van der Waals surface area contributed by atoms with Gasteiger partial charge in [-0.1, -0.05) is 0 Å². The molecule has 0 aromatic carbocycles. The van der Waals surface area contributed by atoms with E-state index >= 15 is 0 Å². The molecule has 0 amide bonds. The Kier molecular flexibility index (Phi) is 5.80. The molecule has 1 N–H and O–H groups in total. The van der Waals surface area contributed by atoms with Crippen molar-refractivity contribution in [3.8, 4) is 10.6 Å². The van der Waals surface area contributed by atoms with Crippen molar-refractivity contribution in [1.82, 2.24) is 9.97 Å². The van der Waals surface area contributed by atoms with E-state index in [0.717, 1.165) is 21.5 Å². The number of anilines is 1.